The first-order valence-electron chi connectivity index (χ1n) is 5.55. The van der Waals surface area contributed by atoms with Gasteiger partial charge in [0, 0.05) is 6.92 Å². The highest BCUT2D eigenvalue weighted by molar-refractivity contribution is 5.65. The van der Waals surface area contributed by atoms with Crippen molar-refractivity contribution >= 4 is 5.97 Å². The van der Waals surface area contributed by atoms with Crippen LogP contribution in [0.2, 0.25) is 0 Å². The van der Waals surface area contributed by atoms with Gasteiger partial charge in [-0.1, -0.05) is 25.5 Å². The Morgan fingerprint density at radius 3 is 2.50 bits per heavy atom. The zero-order valence-electron chi connectivity index (χ0n) is 9.42. The van der Waals surface area contributed by atoms with E-state index in [4.69, 9.17) is 4.74 Å². The van der Waals surface area contributed by atoms with Gasteiger partial charge in [0.1, 0.15) is 0 Å². The van der Waals surface area contributed by atoms with Crippen molar-refractivity contribution in [2.24, 2.45) is 0 Å². The molecule has 14 heavy (non-hydrogen) atoms. The lowest BCUT2D eigenvalue weighted by atomic mass is 10.2. The Bertz CT molecular complexity index is 162. The van der Waals surface area contributed by atoms with Crippen LogP contribution in [0.5, 0.6) is 0 Å². The summed E-state index contributed by atoms with van der Waals surface area (Å²) in [5.41, 5.74) is 0. The summed E-state index contributed by atoms with van der Waals surface area (Å²) >= 11 is 0. The Balaban J connectivity index is 3.02. The maximum Gasteiger partial charge on any atom is 0.302 e. The van der Waals surface area contributed by atoms with Crippen LogP contribution in [0.1, 0.15) is 52.4 Å². The molecule has 0 saturated carbocycles. The zero-order valence-corrected chi connectivity index (χ0v) is 9.42. The summed E-state index contributed by atoms with van der Waals surface area (Å²) in [5.74, 6) is -0.173. The molecular weight excluding hydrogens is 176 g/mol. The predicted molar refractivity (Wildman–Crippen MR) is 59.1 cm³/mol. The lowest BCUT2D eigenvalue weighted by molar-refractivity contribution is -0.141. The van der Waals surface area contributed by atoms with Crippen molar-refractivity contribution in [3.63, 3.8) is 0 Å². The molecule has 0 radical (unpaired) electrons. The Labute approximate surface area is 87.3 Å². The van der Waals surface area contributed by atoms with E-state index < -0.39 is 0 Å². The Morgan fingerprint density at radius 1 is 1.14 bits per heavy atom. The second kappa shape index (κ2) is 10.3. The molecule has 0 saturated heterocycles. The van der Waals surface area contributed by atoms with Crippen molar-refractivity contribution in [1.82, 2.24) is 0 Å². The van der Waals surface area contributed by atoms with Crippen LogP contribution in [0.15, 0.2) is 12.2 Å². The number of hydrogen-bond acceptors (Lipinski definition) is 2. The van der Waals surface area contributed by atoms with Gasteiger partial charge >= 0.3 is 5.97 Å². The van der Waals surface area contributed by atoms with Crippen LogP contribution in [0.4, 0.5) is 0 Å². The molecule has 0 aromatic carbocycles. The van der Waals surface area contributed by atoms with Crippen molar-refractivity contribution < 1.29 is 9.53 Å². The molecule has 0 atom stereocenters. The van der Waals surface area contributed by atoms with Crippen LogP contribution in [0.3, 0.4) is 0 Å². The molecule has 0 rings (SSSR count). The van der Waals surface area contributed by atoms with E-state index in [0.29, 0.717) is 6.61 Å². The molecule has 0 aromatic heterocycles. The molecule has 0 heterocycles. The molecular formula is C12H22O2. The topological polar surface area (TPSA) is 26.3 Å². The van der Waals surface area contributed by atoms with Crippen molar-refractivity contribution in [1.29, 1.82) is 0 Å². The minimum atomic E-state index is -0.173. The quantitative estimate of drug-likeness (QED) is 0.339. The third kappa shape index (κ3) is 11.2. The number of allylic oxidation sites excluding steroid dienone is 2. The van der Waals surface area contributed by atoms with Crippen molar-refractivity contribution in [3.05, 3.63) is 12.2 Å². The van der Waals surface area contributed by atoms with Gasteiger partial charge < -0.3 is 4.74 Å². The second-order valence-corrected chi connectivity index (χ2v) is 3.45. The van der Waals surface area contributed by atoms with Crippen LogP contribution >= 0.6 is 0 Å². The Hall–Kier alpha value is -0.790. The fourth-order valence-electron chi connectivity index (χ4n) is 1.16. The molecule has 0 spiro atoms. The fraction of sp³-hybridized carbons (Fsp3) is 0.750. The maximum absolute atomic E-state index is 10.4. The number of ether oxygens (including phenoxy) is 1. The number of rotatable bonds is 8. The molecule has 2 nitrogen and oxygen atoms in total. The summed E-state index contributed by atoms with van der Waals surface area (Å²) in [7, 11) is 0. The predicted octanol–water partition coefficient (Wildman–Crippen LogP) is 3.47. The van der Waals surface area contributed by atoms with Gasteiger partial charge in [-0.25, -0.2) is 0 Å². The van der Waals surface area contributed by atoms with E-state index in [0.717, 1.165) is 19.3 Å². The summed E-state index contributed by atoms with van der Waals surface area (Å²) < 4.78 is 4.83. The highest BCUT2D eigenvalue weighted by atomic mass is 16.5. The third-order valence-corrected chi connectivity index (χ3v) is 1.94. The van der Waals surface area contributed by atoms with Crippen molar-refractivity contribution in [2.45, 2.75) is 52.4 Å². The monoisotopic (exact) mass is 198 g/mol. The number of carbonyl (C=O) groups excluding carboxylic acids is 1. The van der Waals surface area contributed by atoms with E-state index in [2.05, 4.69) is 19.1 Å². The summed E-state index contributed by atoms with van der Waals surface area (Å²) in [6.45, 7) is 4.21. The highest BCUT2D eigenvalue weighted by Gasteiger charge is 1.91. The summed E-state index contributed by atoms with van der Waals surface area (Å²) in [4.78, 5) is 10.4. The molecule has 0 bridgehead atoms. The van der Waals surface area contributed by atoms with E-state index in [9.17, 15) is 4.79 Å². The van der Waals surface area contributed by atoms with Crippen LogP contribution in [0, 0.1) is 0 Å². The molecule has 0 unspecified atom stereocenters. The number of carbonyl (C=O) groups is 1. The molecule has 0 aliphatic carbocycles. The first-order valence-corrected chi connectivity index (χ1v) is 5.55. The third-order valence-electron chi connectivity index (χ3n) is 1.94. The van der Waals surface area contributed by atoms with Crippen molar-refractivity contribution in [2.75, 3.05) is 6.61 Å². The summed E-state index contributed by atoms with van der Waals surface area (Å²) in [6.07, 6.45) is 11.4. The SMILES string of the molecule is CCCC=CCCCCCOC(C)=O. The van der Waals surface area contributed by atoms with Gasteiger partial charge in [0.25, 0.3) is 0 Å². The molecule has 0 aliphatic rings. The van der Waals surface area contributed by atoms with Gasteiger partial charge in [0.2, 0.25) is 0 Å². The first-order chi connectivity index (χ1) is 6.77. The van der Waals surface area contributed by atoms with Gasteiger partial charge in [-0.15, -0.1) is 0 Å². The number of esters is 1. The van der Waals surface area contributed by atoms with Crippen molar-refractivity contribution in [3.8, 4) is 0 Å². The minimum absolute atomic E-state index is 0.173. The molecule has 2 heteroatoms. The summed E-state index contributed by atoms with van der Waals surface area (Å²) in [5, 5.41) is 0. The van der Waals surface area contributed by atoms with Gasteiger partial charge in [0.05, 0.1) is 6.61 Å². The van der Waals surface area contributed by atoms with E-state index in [1.807, 2.05) is 0 Å². The van der Waals surface area contributed by atoms with Crippen LogP contribution < -0.4 is 0 Å². The number of hydrogen-bond donors (Lipinski definition) is 0. The molecule has 0 fully saturated rings. The van der Waals surface area contributed by atoms with Gasteiger partial charge in [-0.05, 0) is 32.1 Å². The fourth-order valence-corrected chi connectivity index (χ4v) is 1.16. The zero-order chi connectivity index (χ0) is 10.6. The molecule has 0 aromatic rings. The average molecular weight is 198 g/mol. The largest absolute Gasteiger partial charge is 0.466 e. The molecule has 0 N–H and O–H groups in total. The lowest BCUT2D eigenvalue weighted by Crippen LogP contribution is -1.99. The van der Waals surface area contributed by atoms with Gasteiger partial charge in [-0.2, -0.15) is 0 Å². The Morgan fingerprint density at radius 2 is 1.86 bits per heavy atom. The standard InChI is InChI=1S/C12H22O2/c1-3-4-5-6-7-8-9-10-11-14-12(2)13/h5-6H,3-4,7-11H2,1-2H3. The van der Waals surface area contributed by atoms with E-state index in [1.165, 1.54) is 26.2 Å². The normalized spacial score (nSPS) is 10.7. The van der Waals surface area contributed by atoms with Gasteiger partial charge in [0.15, 0.2) is 0 Å². The lowest BCUT2D eigenvalue weighted by Gasteiger charge is -2.00. The van der Waals surface area contributed by atoms with Gasteiger partial charge in [-0.3, -0.25) is 4.79 Å². The Kier molecular flexibility index (Phi) is 9.71. The van der Waals surface area contributed by atoms with Crippen LogP contribution in [-0.2, 0) is 9.53 Å². The maximum atomic E-state index is 10.4. The smallest absolute Gasteiger partial charge is 0.302 e. The van der Waals surface area contributed by atoms with E-state index in [-0.39, 0.29) is 5.97 Å². The molecule has 0 amide bonds. The van der Waals surface area contributed by atoms with Crippen LogP contribution in [-0.4, -0.2) is 12.6 Å². The molecule has 0 aliphatic heterocycles. The highest BCUT2D eigenvalue weighted by Crippen LogP contribution is 2.02. The summed E-state index contributed by atoms with van der Waals surface area (Å²) in [6, 6.07) is 0. The van der Waals surface area contributed by atoms with E-state index >= 15 is 0 Å². The van der Waals surface area contributed by atoms with E-state index in [1.54, 1.807) is 0 Å². The second-order valence-electron chi connectivity index (χ2n) is 3.45. The van der Waals surface area contributed by atoms with Crippen LogP contribution in [0.25, 0.3) is 0 Å². The average Bonchev–Trinajstić information content (AvgIpc) is 2.15. The minimum Gasteiger partial charge on any atom is -0.466 e. The first kappa shape index (κ1) is 13.2. The number of unbranched alkanes of at least 4 members (excludes halogenated alkanes) is 4. The molecule has 82 valence electrons.